The Kier molecular flexibility index (Phi) is 6.04. The molecule has 2 aromatic rings. The third kappa shape index (κ3) is 4.73. The highest BCUT2D eigenvalue weighted by Crippen LogP contribution is 2.24. The van der Waals surface area contributed by atoms with Crippen LogP contribution in [-0.4, -0.2) is 6.04 Å². The van der Waals surface area contributed by atoms with Crippen LogP contribution in [-0.2, 0) is 12.8 Å². The Morgan fingerprint density at radius 2 is 2.00 bits per heavy atom. The summed E-state index contributed by atoms with van der Waals surface area (Å²) in [7, 11) is 0. The first kappa shape index (κ1) is 14.7. The number of aryl methyl sites for hydroxylation is 1. The molecule has 1 aromatic carbocycles. The van der Waals surface area contributed by atoms with E-state index in [0.29, 0.717) is 6.04 Å². The average Bonchev–Trinajstić information content (AvgIpc) is 2.84. The van der Waals surface area contributed by atoms with E-state index in [4.69, 9.17) is 5.84 Å². The fourth-order valence-corrected chi connectivity index (χ4v) is 3.73. The molecule has 0 saturated heterocycles. The summed E-state index contributed by atoms with van der Waals surface area (Å²) in [5.74, 6) is 5.66. The number of thiophene rings is 1. The number of hydrazine groups is 1. The molecule has 0 radical (unpaired) electrons. The van der Waals surface area contributed by atoms with Crippen molar-refractivity contribution in [1.29, 1.82) is 0 Å². The summed E-state index contributed by atoms with van der Waals surface area (Å²) in [4.78, 5) is 1.36. The second-order valence-electron chi connectivity index (χ2n) is 4.64. The first-order valence-corrected chi connectivity index (χ1v) is 8.19. The van der Waals surface area contributed by atoms with Crippen molar-refractivity contribution < 1.29 is 0 Å². The molecule has 102 valence electrons. The van der Waals surface area contributed by atoms with Gasteiger partial charge in [-0.1, -0.05) is 30.3 Å². The van der Waals surface area contributed by atoms with Gasteiger partial charge in [-0.2, -0.15) is 0 Å². The monoisotopic (exact) mass is 338 g/mol. The lowest BCUT2D eigenvalue weighted by Gasteiger charge is -2.15. The Hall–Kier alpha value is -0.680. The second-order valence-corrected chi connectivity index (χ2v) is 6.49. The van der Waals surface area contributed by atoms with Gasteiger partial charge in [0.25, 0.3) is 0 Å². The highest BCUT2D eigenvalue weighted by Gasteiger charge is 2.10. The summed E-state index contributed by atoms with van der Waals surface area (Å²) < 4.78 is 1.20. The summed E-state index contributed by atoms with van der Waals surface area (Å²) in [5.41, 5.74) is 4.34. The van der Waals surface area contributed by atoms with E-state index in [-0.39, 0.29) is 0 Å². The summed E-state index contributed by atoms with van der Waals surface area (Å²) >= 11 is 5.35. The lowest BCUT2D eigenvalue weighted by Crippen LogP contribution is -2.36. The summed E-state index contributed by atoms with van der Waals surface area (Å²) in [6.07, 6.45) is 4.35. The van der Waals surface area contributed by atoms with Crippen LogP contribution in [0, 0.1) is 0 Å². The third-order valence-electron chi connectivity index (χ3n) is 3.22. The molecule has 0 aliphatic carbocycles. The molecule has 1 aromatic heterocycles. The van der Waals surface area contributed by atoms with Gasteiger partial charge in [-0.25, -0.2) is 0 Å². The molecule has 1 unspecified atom stereocenters. The molecule has 3 N–H and O–H groups in total. The van der Waals surface area contributed by atoms with E-state index in [1.807, 2.05) is 0 Å². The highest BCUT2D eigenvalue weighted by molar-refractivity contribution is 9.10. The molecule has 0 bridgehead atoms. The smallest absolute Gasteiger partial charge is 0.0314 e. The molecule has 1 heterocycles. The van der Waals surface area contributed by atoms with Crippen molar-refractivity contribution in [2.24, 2.45) is 5.84 Å². The van der Waals surface area contributed by atoms with Gasteiger partial charge in [0.1, 0.15) is 0 Å². The van der Waals surface area contributed by atoms with Gasteiger partial charge < -0.3 is 0 Å². The maximum absolute atomic E-state index is 5.66. The first-order valence-electron chi connectivity index (χ1n) is 6.51. The van der Waals surface area contributed by atoms with Crippen LogP contribution in [0.15, 0.2) is 46.3 Å². The summed E-state index contributed by atoms with van der Waals surface area (Å²) in [6.45, 7) is 0. The Morgan fingerprint density at radius 3 is 2.63 bits per heavy atom. The number of rotatable bonds is 7. The molecular weight excluding hydrogens is 320 g/mol. The minimum Gasteiger partial charge on any atom is -0.271 e. The van der Waals surface area contributed by atoms with Crippen LogP contribution in [0.4, 0.5) is 0 Å². The number of nitrogens with one attached hydrogen (secondary N) is 1. The van der Waals surface area contributed by atoms with Gasteiger partial charge in [0.15, 0.2) is 0 Å². The van der Waals surface area contributed by atoms with Crippen LogP contribution in [0.5, 0.6) is 0 Å². The molecule has 0 amide bonds. The van der Waals surface area contributed by atoms with Crippen molar-refractivity contribution in [3.63, 3.8) is 0 Å². The number of hydrogen-bond acceptors (Lipinski definition) is 3. The number of halogens is 1. The topological polar surface area (TPSA) is 38.0 Å². The van der Waals surface area contributed by atoms with Crippen molar-refractivity contribution in [2.45, 2.75) is 31.7 Å². The highest BCUT2D eigenvalue weighted by atomic mass is 79.9. The first-order chi connectivity index (χ1) is 9.29. The molecule has 0 aliphatic heterocycles. The Labute approximate surface area is 127 Å². The summed E-state index contributed by atoms with van der Waals surface area (Å²) in [6, 6.07) is 13.0. The van der Waals surface area contributed by atoms with Gasteiger partial charge in [0.05, 0.1) is 0 Å². The molecule has 0 saturated carbocycles. The van der Waals surface area contributed by atoms with Gasteiger partial charge in [-0.3, -0.25) is 11.3 Å². The molecule has 19 heavy (non-hydrogen) atoms. The Bertz CT molecular complexity index is 484. The predicted molar refractivity (Wildman–Crippen MR) is 86.2 cm³/mol. The molecule has 2 nitrogen and oxygen atoms in total. The quantitative estimate of drug-likeness (QED) is 0.593. The molecule has 1 atom stereocenters. The zero-order chi connectivity index (χ0) is 13.5. The van der Waals surface area contributed by atoms with Crippen molar-refractivity contribution in [3.05, 3.63) is 56.7 Å². The van der Waals surface area contributed by atoms with E-state index >= 15 is 0 Å². The van der Waals surface area contributed by atoms with Crippen molar-refractivity contribution in [1.82, 2.24) is 5.43 Å². The fourth-order valence-electron chi connectivity index (χ4n) is 2.14. The molecular formula is C15H19BrN2S. The molecule has 4 heteroatoms. The third-order valence-corrected chi connectivity index (χ3v) is 5.17. The van der Waals surface area contributed by atoms with E-state index in [9.17, 15) is 0 Å². The van der Waals surface area contributed by atoms with E-state index in [1.165, 1.54) is 14.9 Å². The van der Waals surface area contributed by atoms with Gasteiger partial charge in [0.2, 0.25) is 0 Å². The maximum atomic E-state index is 5.66. The maximum Gasteiger partial charge on any atom is 0.0314 e. The van der Waals surface area contributed by atoms with E-state index in [0.717, 1.165) is 25.7 Å². The average molecular weight is 339 g/mol. The van der Waals surface area contributed by atoms with Crippen LogP contribution in [0.2, 0.25) is 0 Å². The lowest BCUT2D eigenvalue weighted by atomic mass is 10.0. The number of nitrogens with two attached hydrogens (primary N) is 1. The van der Waals surface area contributed by atoms with E-state index in [2.05, 4.69) is 63.1 Å². The van der Waals surface area contributed by atoms with Crippen molar-refractivity contribution in [3.8, 4) is 0 Å². The van der Waals surface area contributed by atoms with Crippen LogP contribution >= 0.6 is 27.3 Å². The van der Waals surface area contributed by atoms with Crippen LogP contribution in [0.25, 0.3) is 0 Å². The molecule has 0 fully saturated rings. The van der Waals surface area contributed by atoms with Gasteiger partial charge >= 0.3 is 0 Å². The van der Waals surface area contributed by atoms with E-state index < -0.39 is 0 Å². The zero-order valence-electron chi connectivity index (χ0n) is 10.8. The van der Waals surface area contributed by atoms with Gasteiger partial charge in [-0.05, 0) is 58.6 Å². The van der Waals surface area contributed by atoms with Crippen LogP contribution in [0.1, 0.15) is 23.3 Å². The Balaban J connectivity index is 1.78. The Morgan fingerprint density at radius 1 is 1.21 bits per heavy atom. The second kappa shape index (κ2) is 7.80. The van der Waals surface area contributed by atoms with Gasteiger partial charge in [0, 0.05) is 15.4 Å². The van der Waals surface area contributed by atoms with Gasteiger partial charge in [-0.15, -0.1) is 11.3 Å². The minimum absolute atomic E-state index is 0.346. The number of benzene rings is 1. The zero-order valence-corrected chi connectivity index (χ0v) is 13.2. The van der Waals surface area contributed by atoms with E-state index in [1.54, 1.807) is 11.3 Å². The van der Waals surface area contributed by atoms with Crippen LogP contribution in [0.3, 0.4) is 0 Å². The lowest BCUT2D eigenvalue weighted by molar-refractivity contribution is 0.478. The normalized spacial score (nSPS) is 12.5. The predicted octanol–water partition coefficient (Wildman–Crippen LogP) is 3.91. The standard InChI is InChI=1S/C15H19BrN2S/c16-14-9-10-19-15(14)11-13(18-17)8-4-7-12-5-2-1-3-6-12/h1-3,5-6,9-10,13,18H,4,7-8,11,17H2. The van der Waals surface area contributed by atoms with Crippen molar-refractivity contribution >= 4 is 27.3 Å². The fraction of sp³-hybridized carbons (Fsp3) is 0.333. The molecule has 0 aliphatic rings. The largest absolute Gasteiger partial charge is 0.271 e. The SMILES string of the molecule is NNC(CCCc1ccccc1)Cc1sccc1Br. The van der Waals surface area contributed by atoms with Crippen LogP contribution < -0.4 is 11.3 Å². The molecule has 0 spiro atoms. The van der Waals surface area contributed by atoms with Crippen molar-refractivity contribution in [2.75, 3.05) is 0 Å². The summed E-state index contributed by atoms with van der Waals surface area (Å²) in [5, 5.41) is 2.11. The minimum atomic E-state index is 0.346. The number of hydrogen-bond donors (Lipinski definition) is 2. The molecule has 2 rings (SSSR count).